The Balaban J connectivity index is 2.35. The van der Waals surface area contributed by atoms with Crippen LogP contribution in [0.15, 0.2) is 18.3 Å². The van der Waals surface area contributed by atoms with Crippen molar-refractivity contribution in [1.82, 2.24) is 4.57 Å². The Kier molecular flexibility index (Phi) is 1.98. The van der Waals surface area contributed by atoms with E-state index in [9.17, 15) is 0 Å². The molecule has 0 amide bonds. The van der Waals surface area contributed by atoms with Crippen molar-refractivity contribution in [3.8, 4) is 0 Å². The second-order valence-corrected chi connectivity index (χ2v) is 5.19. The first-order valence-corrected chi connectivity index (χ1v) is 5.24. The predicted octanol–water partition coefficient (Wildman–Crippen LogP) is 3.41. The van der Waals surface area contributed by atoms with Crippen LogP contribution in [-0.4, -0.2) is 4.57 Å². The van der Waals surface area contributed by atoms with Crippen molar-refractivity contribution < 1.29 is 0 Å². The number of hydrogen-bond acceptors (Lipinski definition) is 0. The van der Waals surface area contributed by atoms with Crippen molar-refractivity contribution in [3.05, 3.63) is 24.0 Å². The van der Waals surface area contributed by atoms with Crippen LogP contribution in [0.1, 0.15) is 45.2 Å². The predicted molar refractivity (Wildman–Crippen MR) is 55.9 cm³/mol. The molecule has 0 N–H and O–H groups in total. The lowest BCUT2D eigenvalue weighted by atomic mass is 9.75. The number of aryl methyl sites for hydroxylation is 1. The Morgan fingerprint density at radius 3 is 2.85 bits per heavy atom. The third-order valence-electron chi connectivity index (χ3n) is 3.16. The molecule has 0 radical (unpaired) electrons. The molecule has 2 rings (SSSR count). The maximum atomic E-state index is 2.42. The Hall–Kier alpha value is -0.720. The van der Waals surface area contributed by atoms with Gasteiger partial charge in [-0.15, -0.1) is 0 Å². The molecular weight excluding hydrogens is 158 g/mol. The summed E-state index contributed by atoms with van der Waals surface area (Å²) in [6.45, 7) is 8.26. The van der Waals surface area contributed by atoms with Crippen LogP contribution in [0, 0.1) is 5.41 Å². The minimum Gasteiger partial charge on any atom is -0.351 e. The summed E-state index contributed by atoms with van der Waals surface area (Å²) >= 11 is 0. The molecule has 72 valence electrons. The molecule has 0 aliphatic carbocycles. The molecule has 1 aliphatic heterocycles. The maximum absolute atomic E-state index is 2.42. The van der Waals surface area contributed by atoms with Crippen LogP contribution in [-0.2, 0) is 6.54 Å². The Bertz CT molecular complexity index is 290. The van der Waals surface area contributed by atoms with Crippen molar-refractivity contribution in [1.29, 1.82) is 0 Å². The Morgan fingerprint density at radius 1 is 1.38 bits per heavy atom. The van der Waals surface area contributed by atoms with Crippen LogP contribution < -0.4 is 0 Å². The first-order valence-electron chi connectivity index (χ1n) is 5.24. The molecule has 1 heteroatoms. The lowest BCUT2D eigenvalue weighted by molar-refractivity contribution is 0.264. The van der Waals surface area contributed by atoms with Gasteiger partial charge in [0.25, 0.3) is 0 Å². The molecule has 2 heterocycles. The Labute approximate surface area is 80.8 Å². The van der Waals surface area contributed by atoms with Gasteiger partial charge in [0.2, 0.25) is 0 Å². The van der Waals surface area contributed by atoms with Crippen LogP contribution in [0.4, 0.5) is 0 Å². The second kappa shape index (κ2) is 2.90. The summed E-state index contributed by atoms with van der Waals surface area (Å²) in [6, 6.07) is 4.47. The first kappa shape index (κ1) is 8.86. The van der Waals surface area contributed by atoms with Gasteiger partial charge < -0.3 is 4.57 Å². The zero-order chi connectivity index (χ0) is 9.47. The third-order valence-corrected chi connectivity index (χ3v) is 3.16. The Morgan fingerprint density at radius 2 is 2.15 bits per heavy atom. The maximum Gasteiger partial charge on any atom is 0.0222 e. The molecule has 1 atom stereocenters. The quantitative estimate of drug-likeness (QED) is 0.572. The molecule has 1 aromatic heterocycles. The number of hydrogen-bond donors (Lipinski definition) is 0. The summed E-state index contributed by atoms with van der Waals surface area (Å²) in [6.07, 6.45) is 4.91. The summed E-state index contributed by atoms with van der Waals surface area (Å²) in [7, 11) is 0. The molecule has 1 aromatic rings. The highest BCUT2D eigenvalue weighted by atomic mass is 15.0. The highest BCUT2D eigenvalue weighted by Gasteiger charge is 2.30. The number of rotatable bonds is 0. The van der Waals surface area contributed by atoms with E-state index in [2.05, 4.69) is 43.7 Å². The topological polar surface area (TPSA) is 4.93 Å². The summed E-state index contributed by atoms with van der Waals surface area (Å²) in [4.78, 5) is 0. The molecule has 0 saturated carbocycles. The zero-order valence-electron chi connectivity index (χ0n) is 8.88. The molecule has 1 nitrogen and oxygen atoms in total. The van der Waals surface area contributed by atoms with Gasteiger partial charge in [-0.1, -0.05) is 20.8 Å². The van der Waals surface area contributed by atoms with Crippen LogP contribution in [0.5, 0.6) is 0 Å². The van der Waals surface area contributed by atoms with Crippen LogP contribution >= 0.6 is 0 Å². The summed E-state index contributed by atoms with van der Waals surface area (Å²) in [5.41, 5.74) is 1.95. The van der Waals surface area contributed by atoms with Gasteiger partial charge >= 0.3 is 0 Å². The van der Waals surface area contributed by atoms with E-state index in [0.29, 0.717) is 5.41 Å². The van der Waals surface area contributed by atoms with E-state index in [4.69, 9.17) is 0 Å². The average molecular weight is 177 g/mol. The fourth-order valence-electron chi connectivity index (χ4n) is 2.44. The van der Waals surface area contributed by atoms with E-state index in [-0.39, 0.29) is 0 Å². The zero-order valence-corrected chi connectivity index (χ0v) is 8.88. The van der Waals surface area contributed by atoms with Gasteiger partial charge in [0.05, 0.1) is 0 Å². The summed E-state index contributed by atoms with van der Waals surface area (Å²) in [5, 5.41) is 0. The summed E-state index contributed by atoms with van der Waals surface area (Å²) < 4.78 is 2.42. The second-order valence-electron chi connectivity index (χ2n) is 5.19. The fourth-order valence-corrected chi connectivity index (χ4v) is 2.44. The smallest absolute Gasteiger partial charge is 0.0222 e. The van der Waals surface area contributed by atoms with Gasteiger partial charge in [-0.2, -0.15) is 0 Å². The first-order chi connectivity index (χ1) is 6.09. The lowest BCUT2D eigenvalue weighted by Crippen LogP contribution is -2.25. The molecule has 0 bridgehead atoms. The monoisotopic (exact) mass is 177 g/mol. The SMILES string of the molecule is CC(C)(C)C1CCCn2cccc21. The van der Waals surface area contributed by atoms with Crippen LogP contribution in [0.3, 0.4) is 0 Å². The molecule has 13 heavy (non-hydrogen) atoms. The number of nitrogens with zero attached hydrogens (tertiary/aromatic N) is 1. The minimum atomic E-state index is 0.413. The van der Waals surface area contributed by atoms with Gasteiger partial charge in [-0.25, -0.2) is 0 Å². The van der Waals surface area contributed by atoms with Gasteiger partial charge in [0, 0.05) is 24.4 Å². The molecule has 0 fully saturated rings. The molecule has 1 unspecified atom stereocenters. The average Bonchev–Trinajstić information content (AvgIpc) is 2.48. The highest BCUT2D eigenvalue weighted by molar-refractivity contribution is 5.17. The van der Waals surface area contributed by atoms with E-state index in [1.165, 1.54) is 19.4 Å². The van der Waals surface area contributed by atoms with Gasteiger partial charge in [-0.05, 0) is 30.4 Å². The van der Waals surface area contributed by atoms with E-state index < -0.39 is 0 Å². The number of fused-ring (bicyclic) bond motifs is 1. The van der Waals surface area contributed by atoms with Crippen molar-refractivity contribution in [2.75, 3.05) is 0 Å². The van der Waals surface area contributed by atoms with Crippen molar-refractivity contribution in [3.63, 3.8) is 0 Å². The molecule has 0 saturated heterocycles. The standard InChI is InChI=1S/C12H19N/c1-12(2,3)10-6-4-8-13-9-5-7-11(10)13/h5,7,9-10H,4,6,8H2,1-3H3. The molecule has 1 aliphatic rings. The minimum absolute atomic E-state index is 0.413. The summed E-state index contributed by atoms with van der Waals surface area (Å²) in [5.74, 6) is 0.747. The van der Waals surface area contributed by atoms with E-state index in [1.54, 1.807) is 5.69 Å². The van der Waals surface area contributed by atoms with Crippen molar-refractivity contribution >= 4 is 0 Å². The van der Waals surface area contributed by atoms with Gasteiger partial charge in [-0.3, -0.25) is 0 Å². The van der Waals surface area contributed by atoms with Crippen LogP contribution in [0.25, 0.3) is 0 Å². The van der Waals surface area contributed by atoms with Crippen LogP contribution in [0.2, 0.25) is 0 Å². The van der Waals surface area contributed by atoms with E-state index >= 15 is 0 Å². The van der Waals surface area contributed by atoms with Gasteiger partial charge in [0.1, 0.15) is 0 Å². The van der Waals surface area contributed by atoms with Gasteiger partial charge in [0.15, 0.2) is 0 Å². The lowest BCUT2D eigenvalue weighted by Gasteiger charge is -2.35. The molecular formula is C12H19N. The van der Waals surface area contributed by atoms with Crippen molar-refractivity contribution in [2.24, 2.45) is 5.41 Å². The van der Waals surface area contributed by atoms with E-state index in [1.807, 2.05) is 0 Å². The normalized spacial score (nSPS) is 22.8. The highest BCUT2D eigenvalue weighted by Crippen LogP contribution is 2.41. The third kappa shape index (κ3) is 1.52. The van der Waals surface area contributed by atoms with E-state index in [0.717, 1.165) is 5.92 Å². The fraction of sp³-hybridized carbons (Fsp3) is 0.667. The molecule has 0 aromatic carbocycles. The number of aromatic nitrogens is 1. The van der Waals surface area contributed by atoms with Crippen molar-refractivity contribution in [2.45, 2.75) is 46.1 Å². The molecule has 0 spiro atoms. The largest absolute Gasteiger partial charge is 0.351 e.